The SMILES string of the molecule is Cc1cc2[nH]cc(-c3ccc4c(F)cccc4n3)c2cc1F. The van der Waals surface area contributed by atoms with Crippen LogP contribution in [0.25, 0.3) is 33.1 Å². The van der Waals surface area contributed by atoms with Crippen LogP contribution in [0.3, 0.4) is 0 Å². The van der Waals surface area contributed by atoms with Crippen molar-refractivity contribution in [2.24, 2.45) is 0 Å². The van der Waals surface area contributed by atoms with E-state index >= 15 is 0 Å². The minimum atomic E-state index is -0.294. The minimum absolute atomic E-state index is 0.250. The summed E-state index contributed by atoms with van der Waals surface area (Å²) in [5.41, 5.74) is 3.52. The maximum atomic E-state index is 13.8. The number of benzene rings is 2. The standard InChI is InChI=1S/C18H12F2N2/c1-10-7-18-12(8-15(10)20)13(9-21-18)17-6-5-11-14(19)3-2-4-16(11)22-17/h2-9,21H,1H3. The van der Waals surface area contributed by atoms with Crippen LogP contribution in [-0.4, -0.2) is 9.97 Å². The summed E-state index contributed by atoms with van der Waals surface area (Å²) in [5.74, 6) is -0.544. The van der Waals surface area contributed by atoms with E-state index < -0.39 is 0 Å². The Morgan fingerprint density at radius 1 is 0.955 bits per heavy atom. The molecule has 0 aliphatic carbocycles. The van der Waals surface area contributed by atoms with Crippen LogP contribution in [0, 0.1) is 18.6 Å². The van der Waals surface area contributed by atoms with Crippen molar-refractivity contribution in [3.8, 4) is 11.3 Å². The predicted octanol–water partition coefficient (Wildman–Crippen LogP) is 4.97. The average molecular weight is 294 g/mol. The molecular weight excluding hydrogens is 282 g/mol. The molecule has 2 aromatic heterocycles. The molecule has 2 heterocycles. The second kappa shape index (κ2) is 4.63. The Balaban J connectivity index is 1.97. The highest BCUT2D eigenvalue weighted by molar-refractivity contribution is 5.96. The van der Waals surface area contributed by atoms with Gasteiger partial charge in [-0.1, -0.05) is 6.07 Å². The largest absolute Gasteiger partial charge is 0.360 e. The van der Waals surface area contributed by atoms with E-state index in [-0.39, 0.29) is 11.6 Å². The van der Waals surface area contributed by atoms with Gasteiger partial charge in [0.15, 0.2) is 0 Å². The molecule has 4 heteroatoms. The number of H-pyrrole nitrogens is 1. The fraction of sp³-hybridized carbons (Fsp3) is 0.0556. The molecule has 0 radical (unpaired) electrons. The number of rotatable bonds is 1. The Labute approximate surface area is 125 Å². The number of hydrogen-bond donors (Lipinski definition) is 1. The fourth-order valence-corrected chi connectivity index (χ4v) is 2.73. The summed E-state index contributed by atoms with van der Waals surface area (Å²) in [6.45, 7) is 1.73. The molecule has 0 spiro atoms. The zero-order valence-corrected chi connectivity index (χ0v) is 11.8. The van der Waals surface area contributed by atoms with Gasteiger partial charge in [-0.25, -0.2) is 13.8 Å². The molecule has 0 atom stereocenters. The highest BCUT2D eigenvalue weighted by atomic mass is 19.1. The number of aryl methyl sites for hydroxylation is 1. The van der Waals surface area contributed by atoms with Gasteiger partial charge in [-0.3, -0.25) is 0 Å². The molecular formula is C18H12F2N2. The fourth-order valence-electron chi connectivity index (χ4n) is 2.73. The zero-order chi connectivity index (χ0) is 15.3. The first kappa shape index (κ1) is 13.0. The summed E-state index contributed by atoms with van der Waals surface area (Å²) >= 11 is 0. The maximum absolute atomic E-state index is 13.8. The normalized spacial score (nSPS) is 11.4. The van der Waals surface area contributed by atoms with Crippen molar-refractivity contribution in [2.75, 3.05) is 0 Å². The van der Waals surface area contributed by atoms with Crippen molar-refractivity contribution in [1.82, 2.24) is 9.97 Å². The molecule has 0 unspecified atom stereocenters. The molecule has 0 fully saturated rings. The second-order valence-corrected chi connectivity index (χ2v) is 5.35. The Morgan fingerprint density at radius 3 is 2.68 bits per heavy atom. The van der Waals surface area contributed by atoms with E-state index in [1.165, 1.54) is 12.1 Å². The summed E-state index contributed by atoms with van der Waals surface area (Å²) in [7, 11) is 0. The lowest BCUT2D eigenvalue weighted by Gasteiger charge is -2.04. The summed E-state index contributed by atoms with van der Waals surface area (Å²) in [6.07, 6.45) is 1.80. The quantitative estimate of drug-likeness (QED) is 0.527. The highest BCUT2D eigenvalue weighted by Gasteiger charge is 2.11. The number of halogens is 2. The molecule has 2 aromatic carbocycles. The Hall–Kier alpha value is -2.75. The van der Waals surface area contributed by atoms with Gasteiger partial charge >= 0.3 is 0 Å². The summed E-state index contributed by atoms with van der Waals surface area (Å²) in [5, 5.41) is 1.25. The van der Waals surface area contributed by atoms with E-state index in [1.54, 1.807) is 43.5 Å². The number of nitrogens with one attached hydrogen (secondary N) is 1. The zero-order valence-electron chi connectivity index (χ0n) is 11.8. The number of pyridine rings is 1. The van der Waals surface area contributed by atoms with Crippen molar-refractivity contribution in [2.45, 2.75) is 6.92 Å². The molecule has 2 nitrogen and oxygen atoms in total. The van der Waals surface area contributed by atoms with Gasteiger partial charge in [0.1, 0.15) is 11.6 Å². The molecule has 1 N–H and O–H groups in total. The monoisotopic (exact) mass is 294 g/mol. The smallest absolute Gasteiger partial charge is 0.132 e. The third-order valence-electron chi connectivity index (χ3n) is 3.92. The maximum Gasteiger partial charge on any atom is 0.132 e. The Morgan fingerprint density at radius 2 is 1.82 bits per heavy atom. The number of hydrogen-bond acceptors (Lipinski definition) is 1. The van der Waals surface area contributed by atoms with Gasteiger partial charge in [0.25, 0.3) is 0 Å². The van der Waals surface area contributed by atoms with E-state index in [9.17, 15) is 8.78 Å². The van der Waals surface area contributed by atoms with Gasteiger partial charge in [0, 0.05) is 28.0 Å². The summed E-state index contributed by atoms with van der Waals surface area (Å²) < 4.78 is 27.6. The number of aromatic amines is 1. The minimum Gasteiger partial charge on any atom is -0.360 e. The van der Waals surface area contributed by atoms with Crippen LogP contribution >= 0.6 is 0 Å². The van der Waals surface area contributed by atoms with E-state index in [2.05, 4.69) is 9.97 Å². The molecule has 0 aliphatic heterocycles. The molecule has 0 bridgehead atoms. The molecule has 0 aliphatic rings. The molecule has 0 amide bonds. The first-order valence-electron chi connectivity index (χ1n) is 6.96. The van der Waals surface area contributed by atoms with Gasteiger partial charge in [-0.2, -0.15) is 0 Å². The average Bonchev–Trinajstić information content (AvgIpc) is 2.90. The summed E-state index contributed by atoms with van der Waals surface area (Å²) in [6, 6.07) is 11.5. The van der Waals surface area contributed by atoms with Crippen molar-refractivity contribution >= 4 is 21.8 Å². The molecule has 108 valence electrons. The van der Waals surface area contributed by atoms with Crippen LogP contribution in [0.4, 0.5) is 8.78 Å². The van der Waals surface area contributed by atoms with Crippen molar-refractivity contribution in [3.63, 3.8) is 0 Å². The topological polar surface area (TPSA) is 28.7 Å². The van der Waals surface area contributed by atoms with E-state index in [1.807, 2.05) is 0 Å². The third kappa shape index (κ3) is 1.88. The number of aromatic nitrogens is 2. The first-order valence-corrected chi connectivity index (χ1v) is 6.96. The lowest BCUT2D eigenvalue weighted by atomic mass is 10.1. The lowest BCUT2D eigenvalue weighted by Crippen LogP contribution is -1.87. The number of fused-ring (bicyclic) bond motifs is 2. The van der Waals surface area contributed by atoms with Gasteiger partial charge in [-0.05, 0) is 48.9 Å². The first-order chi connectivity index (χ1) is 10.6. The predicted molar refractivity (Wildman–Crippen MR) is 83.7 cm³/mol. The molecule has 0 saturated carbocycles. The van der Waals surface area contributed by atoms with Crippen molar-refractivity contribution in [3.05, 3.63) is 65.9 Å². The van der Waals surface area contributed by atoms with Gasteiger partial charge in [-0.15, -0.1) is 0 Å². The van der Waals surface area contributed by atoms with Gasteiger partial charge < -0.3 is 4.98 Å². The molecule has 0 saturated heterocycles. The Bertz CT molecular complexity index is 1020. The third-order valence-corrected chi connectivity index (χ3v) is 3.92. The molecule has 4 aromatic rings. The molecule has 22 heavy (non-hydrogen) atoms. The molecule has 4 rings (SSSR count). The van der Waals surface area contributed by atoms with Crippen LogP contribution < -0.4 is 0 Å². The summed E-state index contributed by atoms with van der Waals surface area (Å²) in [4.78, 5) is 7.63. The van der Waals surface area contributed by atoms with Gasteiger partial charge in [0.2, 0.25) is 0 Å². The van der Waals surface area contributed by atoms with E-state index in [0.29, 0.717) is 22.2 Å². The van der Waals surface area contributed by atoms with Crippen molar-refractivity contribution in [1.29, 1.82) is 0 Å². The van der Waals surface area contributed by atoms with Crippen LogP contribution in [0.2, 0.25) is 0 Å². The van der Waals surface area contributed by atoms with Crippen molar-refractivity contribution < 1.29 is 8.78 Å². The van der Waals surface area contributed by atoms with Crippen LogP contribution in [0.15, 0.2) is 48.7 Å². The second-order valence-electron chi connectivity index (χ2n) is 5.35. The lowest BCUT2D eigenvalue weighted by molar-refractivity contribution is 0.620. The highest BCUT2D eigenvalue weighted by Crippen LogP contribution is 2.30. The van der Waals surface area contributed by atoms with E-state index in [0.717, 1.165) is 16.5 Å². The van der Waals surface area contributed by atoms with Gasteiger partial charge in [0.05, 0.1) is 11.2 Å². The Kier molecular flexibility index (Phi) is 2.73. The van der Waals surface area contributed by atoms with Crippen LogP contribution in [0.5, 0.6) is 0 Å². The van der Waals surface area contributed by atoms with E-state index in [4.69, 9.17) is 0 Å². The van der Waals surface area contributed by atoms with Crippen LogP contribution in [0.1, 0.15) is 5.56 Å². The van der Waals surface area contributed by atoms with Crippen LogP contribution in [-0.2, 0) is 0 Å². The number of nitrogens with zero attached hydrogens (tertiary/aromatic N) is 1.